The van der Waals surface area contributed by atoms with Crippen LogP contribution < -0.4 is 5.32 Å². The molecule has 1 atom stereocenters. The van der Waals surface area contributed by atoms with Crippen molar-refractivity contribution in [1.29, 1.82) is 0 Å². The Morgan fingerprint density at radius 1 is 1.00 bits per heavy atom. The van der Waals surface area contributed by atoms with E-state index in [9.17, 15) is 13.2 Å². The van der Waals surface area contributed by atoms with E-state index >= 15 is 0 Å². The largest absolute Gasteiger partial charge is 0.309 e. The minimum Gasteiger partial charge on any atom is -0.309 e. The molecule has 0 aliphatic heterocycles. The van der Waals surface area contributed by atoms with Crippen LogP contribution in [0.5, 0.6) is 0 Å². The van der Waals surface area contributed by atoms with Crippen LogP contribution >= 0.6 is 0 Å². The number of nitrogens with one attached hydrogen (secondary N) is 1. The molecule has 0 aliphatic carbocycles. The highest BCUT2D eigenvalue weighted by Gasteiger charge is 2.19. The van der Waals surface area contributed by atoms with Gasteiger partial charge in [-0.3, -0.25) is 0 Å². The van der Waals surface area contributed by atoms with E-state index in [2.05, 4.69) is 5.32 Å². The Hall–Kier alpha value is -1.81. The van der Waals surface area contributed by atoms with Gasteiger partial charge < -0.3 is 5.32 Å². The zero-order valence-corrected chi connectivity index (χ0v) is 11.6. The van der Waals surface area contributed by atoms with E-state index in [4.69, 9.17) is 0 Å². The third-order valence-corrected chi connectivity index (χ3v) is 3.59. The van der Waals surface area contributed by atoms with Gasteiger partial charge in [-0.1, -0.05) is 18.2 Å². The fourth-order valence-electron chi connectivity index (χ4n) is 2.33. The predicted octanol–water partition coefficient (Wildman–Crippen LogP) is 4.03. The second-order valence-electron chi connectivity index (χ2n) is 4.81. The summed E-state index contributed by atoms with van der Waals surface area (Å²) in [6, 6.07) is 7.42. The topological polar surface area (TPSA) is 12.0 Å². The Morgan fingerprint density at radius 2 is 1.60 bits per heavy atom. The van der Waals surface area contributed by atoms with Gasteiger partial charge >= 0.3 is 0 Å². The molecule has 1 N–H and O–H groups in total. The van der Waals surface area contributed by atoms with E-state index in [0.717, 1.165) is 28.8 Å². The van der Waals surface area contributed by atoms with E-state index in [1.165, 1.54) is 0 Å². The van der Waals surface area contributed by atoms with Gasteiger partial charge in [-0.15, -0.1) is 0 Å². The number of hydrogen-bond donors (Lipinski definition) is 1. The van der Waals surface area contributed by atoms with Crippen molar-refractivity contribution in [3.8, 4) is 0 Å². The summed E-state index contributed by atoms with van der Waals surface area (Å²) in [7, 11) is 1.70. The van der Waals surface area contributed by atoms with Crippen LogP contribution in [0.1, 0.15) is 28.3 Å². The lowest BCUT2D eigenvalue weighted by Gasteiger charge is -2.21. The first-order valence-electron chi connectivity index (χ1n) is 6.33. The first-order chi connectivity index (χ1) is 9.45. The highest BCUT2D eigenvalue weighted by molar-refractivity contribution is 5.41. The average Bonchev–Trinajstić information content (AvgIpc) is 2.41. The maximum atomic E-state index is 13.4. The molecule has 0 amide bonds. The number of halogens is 3. The first kappa shape index (κ1) is 14.6. The predicted molar refractivity (Wildman–Crippen MR) is 73.1 cm³/mol. The molecule has 1 nitrogen and oxygen atoms in total. The van der Waals surface area contributed by atoms with Gasteiger partial charge in [0.25, 0.3) is 0 Å². The van der Waals surface area contributed by atoms with Crippen molar-refractivity contribution < 1.29 is 13.2 Å². The van der Waals surface area contributed by atoms with E-state index in [0.29, 0.717) is 5.56 Å². The molecule has 0 spiro atoms. The normalized spacial score (nSPS) is 12.5. The lowest BCUT2D eigenvalue weighted by Crippen LogP contribution is -2.19. The quantitative estimate of drug-likeness (QED) is 0.836. The molecule has 0 bridgehead atoms. The van der Waals surface area contributed by atoms with E-state index < -0.39 is 17.5 Å². The van der Waals surface area contributed by atoms with Gasteiger partial charge in [0.15, 0.2) is 17.5 Å². The molecular formula is C16H16F3N. The summed E-state index contributed by atoms with van der Waals surface area (Å²) in [6.45, 7) is 3.92. The number of hydrogen-bond acceptors (Lipinski definition) is 1. The molecule has 2 aromatic rings. The maximum Gasteiger partial charge on any atom is 0.194 e. The number of benzene rings is 2. The Bertz CT molecular complexity index is 615. The van der Waals surface area contributed by atoms with Crippen LogP contribution in [0, 0.1) is 31.3 Å². The van der Waals surface area contributed by atoms with Crippen LogP contribution in [0.4, 0.5) is 13.2 Å². The Labute approximate surface area is 116 Å². The standard InChI is InChI=1S/C16H16F3N/c1-9-5-4-6-12(10(9)2)16(20-3)11-7-13(17)15(19)14(18)8-11/h4-8,16,20H,1-3H3. The molecule has 20 heavy (non-hydrogen) atoms. The van der Waals surface area contributed by atoms with Crippen molar-refractivity contribution in [1.82, 2.24) is 5.32 Å². The van der Waals surface area contributed by atoms with Crippen molar-refractivity contribution in [3.05, 3.63) is 70.0 Å². The van der Waals surface area contributed by atoms with E-state index in [-0.39, 0.29) is 6.04 Å². The summed E-state index contributed by atoms with van der Waals surface area (Å²) >= 11 is 0. The summed E-state index contributed by atoms with van der Waals surface area (Å²) in [5.74, 6) is -3.79. The van der Waals surface area contributed by atoms with Crippen LogP contribution in [0.3, 0.4) is 0 Å². The van der Waals surface area contributed by atoms with Crippen LogP contribution in [0.2, 0.25) is 0 Å². The van der Waals surface area contributed by atoms with Gasteiger partial charge in [-0.25, -0.2) is 13.2 Å². The zero-order valence-electron chi connectivity index (χ0n) is 11.6. The van der Waals surface area contributed by atoms with Gasteiger partial charge in [0, 0.05) is 0 Å². The molecule has 0 radical (unpaired) electrons. The minimum absolute atomic E-state index is 0.359. The van der Waals surface area contributed by atoms with Gasteiger partial charge in [0.05, 0.1) is 6.04 Å². The summed E-state index contributed by atoms with van der Waals surface area (Å²) in [5.41, 5.74) is 3.40. The molecule has 2 rings (SSSR count). The second kappa shape index (κ2) is 5.67. The maximum absolute atomic E-state index is 13.4. The Balaban J connectivity index is 2.55. The third kappa shape index (κ3) is 2.56. The van der Waals surface area contributed by atoms with E-state index in [1.54, 1.807) is 7.05 Å². The highest BCUT2D eigenvalue weighted by Crippen LogP contribution is 2.28. The van der Waals surface area contributed by atoms with Crippen molar-refractivity contribution in [2.45, 2.75) is 19.9 Å². The summed E-state index contributed by atoms with van der Waals surface area (Å²) in [4.78, 5) is 0. The summed E-state index contributed by atoms with van der Waals surface area (Å²) in [6.07, 6.45) is 0. The molecule has 0 heterocycles. The lowest BCUT2D eigenvalue weighted by atomic mass is 9.92. The molecule has 0 saturated carbocycles. The van der Waals surface area contributed by atoms with Gasteiger partial charge in [0.1, 0.15) is 0 Å². The fraction of sp³-hybridized carbons (Fsp3) is 0.250. The molecule has 4 heteroatoms. The lowest BCUT2D eigenvalue weighted by molar-refractivity contribution is 0.443. The van der Waals surface area contributed by atoms with Crippen molar-refractivity contribution in [2.75, 3.05) is 7.05 Å². The number of aryl methyl sites for hydroxylation is 1. The minimum atomic E-state index is -1.44. The second-order valence-corrected chi connectivity index (χ2v) is 4.81. The molecular weight excluding hydrogens is 263 g/mol. The third-order valence-electron chi connectivity index (χ3n) is 3.59. The molecule has 0 aliphatic rings. The first-order valence-corrected chi connectivity index (χ1v) is 6.33. The van der Waals surface area contributed by atoms with Crippen LogP contribution in [-0.4, -0.2) is 7.05 Å². The molecule has 106 valence electrons. The van der Waals surface area contributed by atoms with Crippen LogP contribution in [0.15, 0.2) is 30.3 Å². The molecule has 1 unspecified atom stereocenters. The molecule has 2 aromatic carbocycles. The number of rotatable bonds is 3. The monoisotopic (exact) mass is 279 g/mol. The van der Waals surface area contributed by atoms with Gasteiger partial charge in [-0.2, -0.15) is 0 Å². The molecule has 0 saturated heterocycles. The SMILES string of the molecule is CNC(c1cc(F)c(F)c(F)c1)c1cccc(C)c1C. The molecule has 0 aromatic heterocycles. The zero-order chi connectivity index (χ0) is 14.9. The van der Waals surface area contributed by atoms with Crippen molar-refractivity contribution in [3.63, 3.8) is 0 Å². The van der Waals surface area contributed by atoms with Gasteiger partial charge in [-0.05, 0) is 55.3 Å². The Morgan fingerprint density at radius 3 is 2.15 bits per heavy atom. The average molecular weight is 279 g/mol. The summed E-state index contributed by atoms with van der Waals surface area (Å²) in [5, 5.41) is 3.02. The highest BCUT2D eigenvalue weighted by atomic mass is 19.2. The summed E-state index contributed by atoms with van der Waals surface area (Å²) < 4.78 is 39.8. The Kier molecular flexibility index (Phi) is 4.14. The molecule has 0 fully saturated rings. The van der Waals surface area contributed by atoms with Crippen molar-refractivity contribution in [2.24, 2.45) is 0 Å². The fourth-order valence-corrected chi connectivity index (χ4v) is 2.33. The van der Waals surface area contributed by atoms with Crippen LogP contribution in [0.25, 0.3) is 0 Å². The van der Waals surface area contributed by atoms with E-state index in [1.807, 2.05) is 32.0 Å². The van der Waals surface area contributed by atoms with Crippen LogP contribution in [-0.2, 0) is 0 Å². The van der Waals surface area contributed by atoms with Crippen molar-refractivity contribution >= 4 is 0 Å². The van der Waals surface area contributed by atoms with Gasteiger partial charge in [0.2, 0.25) is 0 Å². The smallest absolute Gasteiger partial charge is 0.194 e.